The summed E-state index contributed by atoms with van der Waals surface area (Å²) in [5.74, 6) is -0.313. The van der Waals surface area contributed by atoms with Crippen molar-refractivity contribution in [3.05, 3.63) is 59.9 Å². The Kier molecular flexibility index (Phi) is 6.95. The molecule has 0 saturated heterocycles. The van der Waals surface area contributed by atoms with Crippen molar-refractivity contribution in [2.24, 2.45) is 0 Å². The Morgan fingerprint density at radius 2 is 1.68 bits per heavy atom. The molecule has 2 N–H and O–H groups in total. The third-order valence-electron chi connectivity index (χ3n) is 3.42. The number of benzene rings is 2. The van der Waals surface area contributed by atoms with Crippen LogP contribution in [0.5, 0.6) is 5.75 Å². The van der Waals surface area contributed by atoms with Crippen LogP contribution in [0.25, 0.3) is 0 Å². The van der Waals surface area contributed by atoms with Crippen molar-refractivity contribution in [3.63, 3.8) is 0 Å². The summed E-state index contributed by atoms with van der Waals surface area (Å²) in [7, 11) is 0. The summed E-state index contributed by atoms with van der Waals surface area (Å²) >= 11 is 0. The van der Waals surface area contributed by atoms with Gasteiger partial charge in [-0.1, -0.05) is 12.1 Å². The summed E-state index contributed by atoms with van der Waals surface area (Å²) in [4.78, 5) is 23.6. The van der Waals surface area contributed by atoms with Crippen molar-refractivity contribution in [3.8, 4) is 5.75 Å². The Morgan fingerprint density at radius 3 is 2.32 bits per heavy atom. The van der Waals surface area contributed by atoms with E-state index in [-0.39, 0.29) is 24.1 Å². The zero-order valence-electron chi connectivity index (χ0n) is 14.0. The standard InChI is InChI=1S/C19H21FN2O3/c1-2-25-17-9-7-16(8-10-17)22-19(24)13-18(23)21-12-11-14-3-5-15(20)6-4-14/h3-10H,2,11-13H2,1H3,(H,21,23)(H,22,24). The summed E-state index contributed by atoms with van der Waals surface area (Å²) in [6, 6.07) is 13.0. The SMILES string of the molecule is CCOc1ccc(NC(=O)CC(=O)NCCc2ccc(F)cc2)cc1. The Balaban J connectivity index is 1.70. The highest BCUT2D eigenvalue weighted by Crippen LogP contribution is 2.15. The van der Waals surface area contributed by atoms with E-state index in [2.05, 4.69) is 10.6 Å². The van der Waals surface area contributed by atoms with Gasteiger partial charge in [0.15, 0.2) is 0 Å². The van der Waals surface area contributed by atoms with E-state index in [4.69, 9.17) is 4.74 Å². The Bertz CT molecular complexity index is 700. The van der Waals surface area contributed by atoms with E-state index in [0.717, 1.165) is 11.3 Å². The first-order chi connectivity index (χ1) is 12.1. The molecule has 0 aliphatic carbocycles. The van der Waals surface area contributed by atoms with E-state index in [1.807, 2.05) is 6.92 Å². The van der Waals surface area contributed by atoms with Gasteiger partial charge in [0.2, 0.25) is 11.8 Å². The van der Waals surface area contributed by atoms with Gasteiger partial charge in [0, 0.05) is 12.2 Å². The first-order valence-corrected chi connectivity index (χ1v) is 8.10. The number of halogens is 1. The van der Waals surface area contributed by atoms with E-state index in [0.29, 0.717) is 25.3 Å². The van der Waals surface area contributed by atoms with Crippen LogP contribution in [-0.2, 0) is 16.0 Å². The van der Waals surface area contributed by atoms with Crippen molar-refractivity contribution in [2.75, 3.05) is 18.5 Å². The molecule has 0 heterocycles. The number of anilines is 1. The molecule has 0 spiro atoms. The van der Waals surface area contributed by atoms with Crippen molar-refractivity contribution in [2.45, 2.75) is 19.8 Å². The van der Waals surface area contributed by atoms with E-state index < -0.39 is 0 Å². The molecule has 2 amide bonds. The Hall–Kier alpha value is -2.89. The van der Waals surface area contributed by atoms with Crippen LogP contribution < -0.4 is 15.4 Å². The molecule has 2 aromatic rings. The van der Waals surface area contributed by atoms with Gasteiger partial charge >= 0.3 is 0 Å². The van der Waals surface area contributed by atoms with Gasteiger partial charge in [-0.3, -0.25) is 9.59 Å². The highest BCUT2D eigenvalue weighted by Gasteiger charge is 2.09. The average molecular weight is 344 g/mol. The molecule has 0 radical (unpaired) electrons. The molecule has 25 heavy (non-hydrogen) atoms. The van der Waals surface area contributed by atoms with Crippen LogP contribution in [0.15, 0.2) is 48.5 Å². The molecular formula is C19H21FN2O3. The smallest absolute Gasteiger partial charge is 0.233 e. The zero-order valence-corrected chi connectivity index (χ0v) is 14.0. The largest absolute Gasteiger partial charge is 0.494 e. The molecular weight excluding hydrogens is 323 g/mol. The third kappa shape index (κ3) is 6.63. The van der Waals surface area contributed by atoms with E-state index in [1.54, 1.807) is 36.4 Å². The van der Waals surface area contributed by atoms with Gasteiger partial charge < -0.3 is 15.4 Å². The topological polar surface area (TPSA) is 67.4 Å². The summed E-state index contributed by atoms with van der Waals surface area (Å²) in [5, 5.41) is 5.33. The lowest BCUT2D eigenvalue weighted by atomic mass is 10.1. The molecule has 0 atom stereocenters. The van der Waals surface area contributed by atoms with Gasteiger partial charge in [-0.15, -0.1) is 0 Å². The minimum absolute atomic E-state index is 0.253. The molecule has 0 aromatic heterocycles. The van der Waals surface area contributed by atoms with Crippen molar-refractivity contribution >= 4 is 17.5 Å². The maximum Gasteiger partial charge on any atom is 0.233 e. The number of hydrogen-bond donors (Lipinski definition) is 2. The number of carbonyl (C=O) groups is 2. The van der Waals surface area contributed by atoms with Crippen LogP contribution in [0.2, 0.25) is 0 Å². The molecule has 0 fully saturated rings. The van der Waals surface area contributed by atoms with Crippen LogP contribution in [0, 0.1) is 5.82 Å². The molecule has 0 bridgehead atoms. The quantitative estimate of drug-likeness (QED) is 0.724. The minimum Gasteiger partial charge on any atom is -0.494 e. The predicted octanol–water partition coefficient (Wildman–Crippen LogP) is 2.91. The lowest BCUT2D eigenvalue weighted by Gasteiger charge is -2.08. The number of ether oxygens (including phenoxy) is 1. The first-order valence-electron chi connectivity index (χ1n) is 8.10. The summed E-state index contributed by atoms with van der Waals surface area (Å²) < 4.78 is 18.1. The van der Waals surface area contributed by atoms with Crippen LogP contribution >= 0.6 is 0 Å². The van der Waals surface area contributed by atoms with Crippen LogP contribution in [-0.4, -0.2) is 25.0 Å². The molecule has 0 unspecified atom stereocenters. The third-order valence-corrected chi connectivity index (χ3v) is 3.42. The maximum absolute atomic E-state index is 12.8. The summed E-state index contributed by atoms with van der Waals surface area (Å²) in [6.45, 7) is 2.86. The molecule has 6 heteroatoms. The number of carbonyl (C=O) groups excluding carboxylic acids is 2. The highest BCUT2D eigenvalue weighted by atomic mass is 19.1. The molecule has 5 nitrogen and oxygen atoms in total. The van der Waals surface area contributed by atoms with Gasteiger partial charge in [0.25, 0.3) is 0 Å². The fraction of sp³-hybridized carbons (Fsp3) is 0.263. The molecule has 0 aliphatic heterocycles. The monoisotopic (exact) mass is 344 g/mol. The van der Waals surface area contributed by atoms with Crippen LogP contribution in [0.4, 0.5) is 10.1 Å². The average Bonchev–Trinajstić information content (AvgIpc) is 2.58. The normalized spacial score (nSPS) is 10.2. The molecule has 0 aliphatic rings. The minimum atomic E-state index is -0.386. The van der Waals surface area contributed by atoms with E-state index in [9.17, 15) is 14.0 Å². The number of amides is 2. The highest BCUT2D eigenvalue weighted by molar-refractivity contribution is 6.03. The summed E-state index contributed by atoms with van der Waals surface area (Å²) in [6.07, 6.45) is 0.323. The van der Waals surface area contributed by atoms with Gasteiger partial charge in [0.05, 0.1) is 6.61 Å². The second kappa shape index (κ2) is 9.42. The lowest BCUT2D eigenvalue weighted by molar-refractivity contribution is -0.126. The van der Waals surface area contributed by atoms with Crippen molar-refractivity contribution in [1.29, 1.82) is 0 Å². The second-order valence-corrected chi connectivity index (χ2v) is 5.41. The van der Waals surface area contributed by atoms with Crippen LogP contribution in [0.3, 0.4) is 0 Å². The fourth-order valence-corrected chi connectivity index (χ4v) is 2.21. The van der Waals surface area contributed by atoms with Gasteiger partial charge in [0.1, 0.15) is 18.0 Å². The predicted molar refractivity (Wildman–Crippen MR) is 94.0 cm³/mol. The fourth-order valence-electron chi connectivity index (χ4n) is 2.21. The molecule has 2 aromatic carbocycles. The van der Waals surface area contributed by atoms with Crippen molar-refractivity contribution in [1.82, 2.24) is 5.32 Å². The molecule has 132 valence electrons. The number of nitrogens with one attached hydrogen (secondary N) is 2. The lowest BCUT2D eigenvalue weighted by Crippen LogP contribution is -2.29. The Labute approximate surface area is 146 Å². The first kappa shape index (κ1) is 18.4. The zero-order chi connectivity index (χ0) is 18.1. The van der Waals surface area contributed by atoms with Crippen LogP contribution in [0.1, 0.15) is 18.9 Å². The van der Waals surface area contributed by atoms with Crippen molar-refractivity contribution < 1.29 is 18.7 Å². The van der Waals surface area contributed by atoms with Gasteiger partial charge in [-0.2, -0.15) is 0 Å². The number of hydrogen-bond acceptors (Lipinski definition) is 3. The Morgan fingerprint density at radius 1 is 1.00 bits per heavy atom. The second-order valence-electron chi connectivity index (χ2n) is 5.41. The molecule has 2 rings (SSSR count). The van der Waals surface area contributed by atoms with Gasteiger partial charge in [-0.05, 0) is 55.3 Å². The van der Waals surface area contributed by atoms with E-state index >= 15 is 0 Å². The number of rotatable bonds is 8. The van der Waals surface area contributed by atoms with Gasteiger partial charge in [-0.25, -0.2) is 4.39 Å². The summed E-state index contributed by atoms with van der Waals surface area (Å²) in [5.41, 5.74) is 1.52. The molecule has 0 saturated carbocycles. The van der Waals surface area contributed by atoms with E-state index in [1.165, 1.54) is 12.1 Å². The maximum atomic E-state index is 12.8.